The first-order valence-electron chi connectivity index (χ1n) is 9.68. The highest BCUT2D eigenvalue weighted by atomic mass is 16.5. The number of amides is 1. The molecule has 1 spiro atoms. The van der Waals surface area contributed by atoms with Gasteiger partial charge in [-0.2, -0.15) is 0 Å². The van der Waals surface area contributed by atoms with Crippen LogP contribution in [-0.2, 0) is 4.74 Å². The normalized spacial score (nSPS) is 22.9. The topological polar surface area (TPSA) is 53.0 Å². The molecule has 0 saturated carbocycles. The SMILES string of the molecule is COCCN1CC(CO)C2(CCN(C(=O)c3cc(C)ccc3C)CC2)C1. The van der Waals surface area contributed by atoms with Crippen molar-refractivity contribution in [3.63, 3.8) is 0 Å². The van der Waals surface area contributed by atoms with Crippen LogP contribution in [0.25, 0.3) is 0 Å². The van der Waals surface area contributed by atoms with E-state index in [9.17, 15) is 9.90 Å². The summed E-state index contributed by atoms with van der Waals surface area (Å²) in [5, 5.41) is 9.91. The number of aryl methyl sites for hydroxylation is 2. The van der Waals surface area contributed by atoms with Gasteiger partial charge in [-0.3, -0.25) is 4.79 Å². The summed E-state index contributed by atoms with van der Waals surface area (Å²) in [4.78, 5) is 17.4. The van der Waals surface area contributed by atoms with Gasteiger partial charge in [-0.05, 0) is 43.7 Å². The van der Waals surface area contributed by atoms with Crippen molar-refractivity contribution in [2.24, 2.45) is 11.3 Å². The van der Waals surface area contributed by atoms with E-state index in [4.69, 9.17) is 4.74 Å². The average Bonchev–Trinajstić information content (AvgIpc) is 2.99. The van der Waals surface area contributed by atoms with Gasteiger partial charge in [0.25, 0.3) is 5.91 Å². The van der Waals surface area contributed by atoms with Gasteiger partial charge in [0.1, 0.15) is 0 Å². The minimum atomic E-state index is 0.140. The van der Waals surface area contributed by atoms with Gasteiger partial charge in [0, 0.05) is 57.9 Å². The van der Waals surface area contributed by atoms with Gasteiger partial charge < -0.3 is 19.6 Å². The quantitative estimate of drug-likeness (QED) is 0.874. The Morgan fingerprint density at radius 2 is 2.04 bits per heavy atom. The van der Waals surface area contributed by atoms with E-state index >= 15 is 0 Å². The number of nitrogens with zero attached hydrogens (tertiary/aromatic N) is 2. The lowest BCUT2D eigenvalue weighted by atomic mass is 9.71. The summed E-state index contributed by atoms with van der Waals surface area (Å²) < 4.78 is 5.21. The summed E-state index contributed by atoms with van der Waals surface area (Å²) >= 11 is 0. The Morgan fingerprint density at radius 1 is 1.31 bits per heavy atom. The fourth-order valence-electron chi connectivity index (χ4n) is 4.64. The molecule has 1 unspecified atom stereocenters. The molecule has 5 nitrogen and oxygen atoms in total. The summed E-state index contributed by atoms with van der Waals surface area (Å²) in [6, 6.07) is 6.08. The molecule has 2 saturated heterocycles. The third-order valence-corrected chi connectivity index (χ3v) is 6.39. The number of piperidine rings is 1. The Hall–Kier alpha value is -1.43. The average molecular weight is 360 g/mol. The van der Waals surface area contributed by atoms with E-state index in [0.717, 1.165) is 68.9 Å². The molecular weight excluding hydrogens is 328 g/mol. The number of benzene rings is 1. The fourth-order valence-corrected chi connectivity index (χ4v) is 4.64. The maximum Gasteiger partial charge on any atom is 0.254 e. The second kappa shape index (κ2) is 8.07. The molecule has 26 heavy (non-hydrogen) atoms. The number of carbonyl (C=O) groups excluding carboxylic acids is 1. The Kier molecular flexibility index (Phi) is 6.00. The number of likely N-dealkylation sites (tertiary alicyclic amines) is 2. The van der Waals surface area contributed by atoms with E-state index < -0.39 is 0 Å². The number of aliphatic hydroxyl groups is 1. The number of carbonyl (C=O) groups is 1. The second-order valence-corrected chi connectivity index (χ2v) is 8.08. The van der Waals surface area contributed by atoms with Gasteiger partial charge in [0.2, 0.25) is 0 Å². The van der Waals surface area contributed by atoms with Crippen LogP contribution >= 0.6 is 0 Å². The van der Waals surface area contributed by atoms with Crippen molar-refractivity contribution in [1.82, 2.24) is 9.80 Å². The van der Waals surface area contributed by atoms with Crippen LogP contribution in [0.4, 0.5) is 0 Å². The van der Waals surface area contributed by atoms with Crippen LogP contribution in [0.2, 0.25) is 0 Å². The summed E-state index contributed by atoms with van der Waals surface area (Å²) in [5.74, 6) is 0.452. The van der Waals surface area contributed by atoms with Gasteiger partial charge in [-0.15, -0.1) is 0 Å². The highest BCUT2D eigenvalue weighted by Gasteiger charge is 2.47. The molecule has 1 atom stereocenters. The number of hydrogen-bond acceptors (Lipinski definition) is 4. The monoisotopic (exact) mass is 360 g/mol. The first kappa shape index (κ1) is 19.3. The highest BCUT2D eigenvalue weighted by Crippen LogP contribution is 2.44. The zero-order valence-electron chi connectivity index (χ0n) is 16.3. The van der Waals surface area contributed by atoms with E-state index in [0.29, 0.717) is 5.92 Å². The Bertz CT molecular complexity index is 638. The lowest BCUT2D eigenvalue weighted by Gasteiger charge is -2.42. The van der Waals surface area contributed by atoms with Crippen molar-refractivity contribution in [1.29, 1.82) is 0 Å². The fraction of sp³-hybridized carbons (Fsp3) is 0.667. The number of aliphatic hydroxyl groups excluding tert-OH is 1. The minimum absolute atomic E-state index is 0.140. The minimum Gasteiger partial charge on any atom is -0.396 e. The molecule has 1 aromatic rings. The van der Waals surface area contributed by atoms with Crippen molar-refractivity contribution in [3.8, 4) is 0 Å². The van der Waals surface area contributed by atoms with E-state index in [1.54, 1.807) is 7.11 Å². The lowest BCUT2D eigenvalue weighted by Crippen LogP contribution is -2.47. The zero-order valence-corrected chi connectivity index (χ0v) is 16.3. The molecule has 2 fully saturated rings. The molecule has 0 aliphatic carbocycles. The van der Waals surface area contributed by atoms with Crippen molar-refractivity contribution < 1.29 is 14.6 Å². The summed E-state index contributed by atoms with van der Waals surface area (Å²) in [6.45, 7) is 9.41. The molecule has 144 valence electrons. The van der Waals surface area contributed by atoms with Gasteiger partial charge >= 0.3 is 0 Å². The molecule has 2 aliphatic heterocycles. The standard InChI is InChI=1S/C21H32N2O3/c1-16-4-5-17(2)19(12-16)20(25)23-8-6-21(7-9-23)15-22(10-11-26-3)13-18(21)14-24/h4-5,12,18,24H,6-11,13-15H2,1-3H3. The summed E-state index contributed by atoms with van der Waals surface area (Å²) in [5.41, 5.74) is 3.13. The second-order valence-electron chi connectivity index (χ2n) is 8.08. The van der Waals surface area contributed by atoms with E-state index in [1.807, 2.05) is 30.9 Å². The third-order valence-electron chi connectivity index (χ3n) is 6.39. The van der Waals surface area contributed by atoms with Crippen molar-refractivity contribution in [2.45, 2.75) is 26.7 Å². The van der Waals surface area contributed by atoms with E-state index in [1.165, 1.54) is 0 Å². The maximum atomic E-state index is 13.0. The van der Waals surface area contributed by atoms with E-state index in [-0.39, 0.29) is 17.9 Å². The van der Waals surface area contributed by atoms with Gasteiger partial charge in [-0.25, -0.2) is 0 Å². The molecule has 2 aliphatic rings. The number of hydrogen-bond donors (Lipinski definition) is 1. The smallest absolute Gasteiger partial charge is 0.254 e. The Balaban J connectivity index is 1.66. The van der Waals surface area contributed by atoms with Crippen molar-refractivity contribution in [3.05, 3.63) is 34.9 Å². The van der Waals surface area contributed by atoms with Crippen LogP contribution < -0.4 is 0 Å². The predicted molar refractivity (Wildman–Crippen MR) is 102 cm³/mol. The summed E-state index contributed by atoms with van der Waals surface area (Å²) in [7, 11) is 1.73. The van der Waals surface area contributed by atoms with Crippen LogP contribution in [-0.4, -0.2) is 73.9 Å². The molecule has 3 rings (SSSR count). The lowest BCUT2D eigenvalue weighted by molar-refractivity contribution is 0.0398. The van der Waals surface area contributed by atoms with Gasteiger partial charge in [-0.1, -0.05) is 17.7 Å². The first-order chi connectivity index (χ1) is 12.5. The third kappa shape index (κ3) is 3.80. The molecule has 1 aromatic carbocycles. The van der Waals surface area contributed by atoms with Gasteiger partial charge in [0.15, 0.2) is 0 Å². The van der Waals surface area contributed by atoms with Crippen LogP contribution in [0.3, 0.4) is 0 Å². The van der Waals surface area contributed by atoms with Gasteiger partial charge in [0.05, 0.1) is 6.61 Å². The maximum absolute atomic E-state index is 13.0. The summed E-state index contributed by atoms with van der Waals surface area (Å²) in [6.07, 6.45) is 1.94. The van der Waals surface area contributed by atoms with Crippen molar-refractivity contribution >= 4 is 5.91 Å². The predicted octanol–water partition coefficient (Wildman–Crippen LogP) is 2.10. The van der Waals surface area contributed by atoms with E-state index in [2.05, 4.69) is 11.0 Å². The molecule has 0 aromatic heterocycles. The van der Waals surface area contributed by atoms with Crippen LogP contribution in [0.15, 0.2) is 18.2 Å². The zero-order chi connectivity index (χ0) is 18.7. The van der Waals surface area contributed by atoms with Crippen LogP contribution in [0.1, 0.15) is 34.3 Å². The Labute approximate surface area is 156 Å². The Morgan fingerprint density at radius 3 is 2.69 bits per heavy atom. The van der Waals surface area contributed by atoms with Crippen LogP contribution in [0.5, 0.6) is 0 Å². The molecule has 1 amide bonds. The molecule has 0 bridgehead atoms. The highest BCUT2D eigenvalue weighted by molar-refractivity contribution is 5.95. The number of rotatable bonds is 5. The molecule has 2 heterocycles. The van der Waals surface area contributed by atoms with Crippen LogP contribution in [0, 0.1) is 25.2 Å². The first-order valence-corrected chi connectivity index (χ1v) is 9.68. The molecule has 1 N–H and O–H groups in total. The number of methoxy groups -OCH3 is 1. The largest absolute Gasteiger partial charge is 0.396 e. The number of ether oxygens (including phenoxy) is 1. The molecule has 0 radical (unpaired) electrons. The molecule has 5 heteroatoms. The van der Waals surface area contributed by atoms with Crippen molar-refractivity contribution in [2.75, 3.05) is 53.0 Å². The molecular formula is C21H32N2O3.